The number of nitrogens with zero attached hydrogens (tertiary/aromatic N) is 4. The van der Waals surface area contributed by atoms with E-state index >= 15 is 0 Å². The number of aromatic nitrogens is 4. The summed E-state index contributed by atoms with van der Waals surface area (Å²) >= 11 is 1.52. The second-order valence-corrected chi connectivity index (χ2v) is 6.69. The number of hydrogen-bond donors (Lipinski definition) is 0. The third-order valence-corrected chi connectivity index (χ3v) is 4.25. The Hall–Kier alpha value is -2.28. The summed E-state index contributed by atoms with van der Waals surface area (Å²) in [6, 6.07) is 6.11. The van der Waals surface area contributed by atoms with Crippen molar-refractivity contribution in [3.63, 3.8) is 0 Å². The molecule has 0 bridgehead atoms. The Morgan fingerprint density at radius 1 is 1.17 bits per heavy atom. The summed E-state index contributed by atoms with van der Waals surface area (Å²) < 4.78 is 13.3. The Morgan fingerprint density at radius 2 is 2.04 bits per heavy atom. The first kappa shape index (κ1) is 16.6. The van der Waals surface area contributed by atoms with Gasteiger partial charge in [0.1, 0.15) is 5.75 Å². The fourth-order valence-electron chi connectivity index (χ4n) is 2.17. The van der Waals surface area contributed by atoms with E-state index in [1.807, 2.05) is 50.0 Å². The van der Waals surface area contributed by atoms with Crippen molar-refractivity contribution in [2.24, 2.45) is 0 Å². The number of ether oxygens (including phenoxy) is 1. The van der Waals surface area contributed by atoms with E-state index in [0.29, 0.717) is 11.1 Å². The minimum atomic E-state index is 0.274. The number of hydrogen-bond acceptors (Lipinski definition) is 6. The standard InChI is InChI=1S/C17H20N4O2S/c1-12-4-5-14(3)15(8-12)22-11-16-19-20-17(23-16)24-7-6-21-10-13(2)9-18-21/h4-5,8-10H,6-7,11H2,1-3H3. The number of thioether (sulfide) groups is 1. The molecule has 0 fully saturated rings. The van der Waals surface area contributed by atoms with Crippen molar-refractivity contribution in [3.05, 3.63) is 53.2 Å². The minimum Gasteiger partial charge on any atom is -0.484 e. The molecule has 126 valence electrons. The molecule has 0 radical (unpaired) electrons. The maximum atomic E-state index is 5.77. The zero-order valence-electron chi connectivity index (χ0n) is 14.0. The molecule has 2 aromatic heterocycles. The molecule has 0 atom stereocenters. The molecule has 7 heteroatoms. The molecule has 6 nitrogen and oxygen atoms in total. The first-order chi connectivity index (χ1) is 11.6. The summed E-state index contributed by atoms with van der Waals surface area (Å²) in [7, 11) is 0. The van der Waals surface area contributed by atoms with E-state index in [2.05, 4.69) is 21.4 Å². The fourth-order valence-corrected chi connectivity index (χ4v) is 2.88. The normalized spacial score (nSPS) is 11.0. The maximum Gasteiger partial charge on any atom is 0.276 e. The van der Waals surface area contributed by atoms with E-state index in [4.69, 9.17) is 9.15 Å². The number of aryl methyl sites for hydroxylation is 4. The first-order valence-electron chi connectivity index (χ1n) is 7.74. The van der Waals surface area contributed by atoms with Gasteiger partial charge in [-0.3, -0.25) is 4.68 Å². The van der Waals surface area contributed by atoms with Crippen LogP contribution in [0, 0.1) is 20.8 Å². The van der Waals surface area contributed by atoms with Gasteiger partial charge < -0.3 is 9.15 Å². The van der Waals surface area contributed by atoms with Crippen LogP contribution in [0.25, 0.3) is 0 Å². The van der Waals surface area contributed by atoms with Crippen LogP contribution in [0.4, 0.5) is 0 Å². The number of rotatable bonds is 7. The van der Waals surface area contributed by atoms with Crippen molar-refractivity contribution in [2.75, 3.05) is 5.75 Å². The molecule has 0 saturated heterocycles. The van der Waals surface area contributed by atoms with E-state index in [-0.39, 0.29) is 6.61 Å². The Kier molecular flexibility index (Phi) is 5.20. The smallest absolute Gasteiger partial charge is 0.276 e. The van der Waals surface area contributed by atoms with Crippen LogP contribution in [0.3, 0.4) is 0 Å². The van der Waals surface area contributed by atoms with Crippen molar-refractivity contribution in [2.45, 2.75) is 39.1 Å². The van der Waals surface area contributed by atoms with Gasteiger partial charge in [0.05, 0.1) is 12.7 Å². The van der Waals surface area contributed by atoms with Crippen LogP contribution in [-0.4, -0.2) is 25.7 Å². The summed E-state index contributed by atoms with van der Waals surface area (Å²) in [5.74, 6) is 2.14. The van der Waals surface area contributed by atoms with Gasteiger partial charge in [-0.25, -0.2) is 0 Å². The molecule has 0 saturated carbocycles. The summed E-state index contributed by atoms with van der Waals surface area (Å²) in [6.45, 7) is 7.15. The van der Waals surface area contributed by atoms with Crippen LogP contribution in [0.2, 0.25) is 0 Å². The predicted molar refractivity (Wildman–Crippen MR) is 92.2 cm³/mol. The van der Waals surface area contributed by atoms with Crippen molar-refractivity contribution in [1.82, 2.24) is 20.0 Å². The molecule has 2 heterocycles. The molecule has 0 spiro atoms. The molecule has 0 aliphatic carbocycles. The largest absolute Gasteiger partial charge is 0.484 e. The first-order valence-corrected chi connectivity index (χ1v) is 8.73. The van der Waals surface area contributed by atoms with E-state index < -0.39 is 0 Å². The Bertz CT molecular complexity index is 813. The summed E-state index contributed by atoms with van der Waals surface area (Å²) in [5.41, 5.74) is 3.40. The van der Waals surface area contributed by atoms with Crippen LogP contribution in [-0.2, 0) is 13.2 Å². The molecule has 3 rings (SSSR count). The fraction of sp³-hybridized carbons (Fsp3) is 0.353. The monoisotopic (exact) mass is 344 g/mol. The van der Waals surface area contributed by atoms with E-state index in [1.165, 1.54) is 11.8 Å². The molecule has 0 amide bonds. The molecular formula is C17H20N4O2S. The minimum absolute atomic E-state index is 0.274. The van der Waals surface area contributed by atoms with Gasteiger partial charge >= 0.3 is 0 Å². The van der Waals surface area contributed by atoms with Gasteiger partial charge in [0.15, 0.2) is 6.61 Å². The van der Waals surface area contributed by atoms with Crippen LogP contribution >= 0.6 is 11.8 Å². The van der Waals surface area contributed by atoms with Crippen LogP contribution in [0.5, 0.6) is 5.75 Å². The van der Waals surface area contributed by atoms with Crippen LogP contribution in [0.15, 0.2) is 40.2 Å². The molecule has 3 aromatic rings. The average molecular weight is 344 g/mol. The third-order valence-electron chi connectivity index (χ3n) is 3.45. The maximum absolute atomic E-state index is 5.77. The topological polar surface area (TPSA) is 66.0 Å². The lowest BCUT2D eigenvalue weighted by molar-refractivity contribution is 0.250. The second-order valence-electron chi connectivity index (χ2n) is 5.65. The summed E-state index contributed by atoms with van der Waals surface area (Å²) in [4.78, 5) is 0. The second kappa shape index (κ2) is 7.53. The van der Waals surface area contributed by atoms with Gasteiger partial charge in [-0.05, 0) is 43.5 Å². The van der Waals surface area contributed by atoms with Crippen molar-refractivity contribution >= 4 is 11.8 Å². The lowest BCUT2D eigenvalue weighted by Gasteiger charge is -2.07. The van der Waals surface area contributed by atoms with Gasteiger partial charge in [-0.2, -0.15) is 5.10 Å². The van der Waals surface area contributed by atoms with Gasteiger partial charge in [0, 0.05) is 11.9 Å². The Labute approximate surface area is 145 Å². The molecule has 24 heavy (non-hydrogen) atoms. The van der Waals surface area contributed by atoms with E-state index in [9.17, 15) is 0 Å². The Balaban J connectivity index is 1.49. The molecule has 1 aromatic carbocycles. The third kappa shape index (κ3) is 4.38. The van der Waals surface area contributed by atoms with Gasteiger partial charge in [0.2, 0.25) is 0 Å². The SMILES string of the molecule is Cc1ccc(C)c(OCc2nnc(SCCn3cc(C)cn3)o2)c1. The van der Waals surface area contributed by atoms with Crippen LogP contribution < -0.4 is 4.74 Å². The highest BCUT2D eigenvalue weighted by Gasteiger charge is 2.09. The highest BCUT2D eigenvalue weighted by atomic mass is 32.2. The lowest BCUT2D eigenvalue weighted by Crippen LogP contribution is -2.00. The van der Waals surface area contributed by atoms with Gasteiger partial charge in [0.25, 0.3) is 11.1 Å². The zero-order valence-corrected chi connectivity index (χ0v) is 14.8. The van der Waals surface area contributed by atoms with E-state index in [0.717, 1.165) is 34.7 Å². The average Bonchev–Trinajstić information content (AvgIpc) is 3.17. The number of benzene rings is 1. The molecule has 0 unspecified atom stereocenters. The predicted octanol–water partition coefficient (Wildman–Crippen LogP) is 3.56. The van der Waals surface area contributed by atoms with Crippen LogP contribution in [0.1, 0.15) is 22.6 Å². The highest BCUT2D eigenvalue weighted by Crippen LogP contribution is 2.21. The molecule has 0 N–H and O–H groups in total. The van der Waals surface area contributed by atoms with E-state index in [1.54, 1.807) is 0 Å². The molecule has 0 aliphatic heterocycles. The molecule has 0 aliphatic rings. The zero-order chi connectivity index (χ0) is 16.9. The van der Waals surface area contributed by atoms with Crippen molar-refractivity contribution in [3.8, 4) is 5.75 Å². The lowest BCUT2D eigenvalue weighted by atomic mass is 10.1. The quantitative estimate of drug-likeness (QED) is 0.611. The highest BCUT2D eigenvalue weighted by molar-refractivity contribution is 7.99. The molecular weight excluding hydrogens is 324 g/mol. The summed E-state index contributed by atoms with van der Waals surface area (Å²) in [6.07, 6.45) is 3.86. The van der Waals surface area contributed by atoms with Gasteiger partial charge in [-0.1, -0.05) is 23.9 Å². The summed E-state index contributed by atoms with van der Waals surface area (Å²) in [5, 5.41) is 12.9. The Morgan fingerprint density at radius 3 is 2.83 bits per heavy atom. The van der Waals surface area contributed by atoms with Crippen molar-refractivity contribution in [1.29, 1.82) is 0 Å². The van der Waals surface area contributed by atoms with Crippen molar-refractivity contribution < 1.29 is 9.15 Å². The van der Waals surface area contributed by atoms with Gasteiger partial charge in [-0.15, -0.1) is 10.2 Å².